The van der Waals surface area contributed by atoms with Crippen LogP contribution < -0.4 is 10.7 Å². The van der Waals surface area contributed by atoms with Crippen LogP contribution in [0.3, 0.4) is 0 Å². The SMILES string of the molecule is C=C/C(=C\CC)CNC(/C=C\N=C)=NC1C=CC(/C(=C/CNN=C)CC)=CCC1. The van der Waals surface area contributed by atoms with Gasteiger partial charge in [0.05, 0.1) is 12.6 Å². The van der Waals surface area contributed by atoms with E-state index in [1.807, 2.05) is 12.2 Å². The first-order valence-corrected chi connectivity index (χ1v) is 10.2. The van der Waals surface area contributed by atoms with Gasteiger partial charge in [-0.1, -0.05) is 56.9 Å². The highest BCUT2D eigenvalue weighted by atomic mass is 15.3. The third-order valence-electron chi connectivity index (χ3n) is 4.47. The Morgan fingerprint density at radius 1 is 1.28 bits per heavy atom. The van der Waals surface area contributed by atoms with E-state index in [9.17, 15) is 0 Å². The third-order valence-corrected chi connectivity index (χ3v) is 4.47. The van der Waals surface area contributed by atoms with Crippen LogP contribution in [0, 0.1) is 0 Å². The summed E-state index contributed by atoms with van der Waals surface area (Å²) in [6.07, 6.45) is 20.2. The van der Waals surface area contributed by atoms with Crippen LogP contribution in [0.15, 0.2) is 87.1 Å². The van der Waals surface area contributed by atoms with E-state index in [2.05, 4.69) is 85.1 Å². The monoisotopic (exact) mass is 393 g/mol. The normalized spacial score (nSPS) is 18.2. The van der Waals surface area contributed by atoms with E-state index in [1.165, 1.54) is 11.1 Å². The molecule has 1 atom stereocenters. The molecule has 1 aliphatic rings. The molecule has 0 saturated carbocycles. The van der Waals surface area contributed by atoms with Crippen molar-refractivity contribution in [3.05, 3.63) is 72.0 Å². The van der Waals surface area contributed by atoms with Crippen molar-refractivity contribution in [1.82, 2.24) is 10.7 Å². The van der Waals surface area contributed by atoms with Gasteiger partial charge in [0.2, 0.25) is 0 Å². The number of rotatable bonds is 12. The fraction of sp³-hybridized carbons (Fsp3) is 0.375. The van der Waals surface area contributed by atoms with Gasteiger partial charge < -0.3 is 10.7 Å². The van der Waals surface area contributed by atoms with Gasteiger partial charge in [-0.3, -0.25) is 9.98 Å². The average molecular weight is 394 g/mol. The van der Waals surface area contributed by atoms with Gasteiger partial charge in [-0.25, -0.2) is 0 Å². The molecule has 1 unspecified atom stereocenters. The Bertz CT molecular complexity index is 720. The van der Waals surface area contributed by atoms with Crippen molar-refractivity contribution >= 4 is 19.3 Å². The fourth-order valence-electron chi connectivity index (χ4n) is 2.97. The van der Waals surface area contributed by atoms with Crippen LogP contribution in [0.2, 0.25) is 0 Å². The second kappa shape index (κ2) is 15.0. The standard InChI is InChI=1S/C24H35N5/c1-6-10-20(7-2)19-27-24(16-17-25-4)29-23-12-9-11-22(13-14-23)21(8-3)15-18-28-26-5/h7,10-11,13-17,23,28H,2,4-6,8-9,12,18-19H2,1,3H3,(H,27,29)/b17-16-,20-10+,21-15+. The number of allylic oxidation sites excluding steroid dienone is 5. The first-order valence-electron chi connectivity index (χ1n) is 10.2. The molecule has 0 heterocycles. The lowest BCUT2D eigenvalue weighted by Gasteiger charge is -2.11. The minimum absolute atomic E-state index is 0.106. The molecule has 156 valence electrons. The molecule has 0 saturated heterocycles. The van der Waals surface area contributed by atoms with Crippen molar-refractivity contribution in [3.63, 3.8) is 0 Å². The van der Waals surface area contributed by atoms with Gasteiger partial charge in [0.1, 0.15) is 5.84 Å². The summed E-state index contributed by atoms with van der Waals surface area (Å²) in [5.74, 6) is 0.798. The molecule has 2 N–H and O–H groups in total. The molecular formula is C24H35N5. The summed E-state index contributed by atoms with van der Waals surface area (Å²) < 4.78 is 0. The zero-order valence-electron chi connectivity index (χ0n) is 17.9. The molecule has 0 aliphatic heterocycles. The highest BCUT2D eigenvalue weighted by Crippen LogP contribution is 2.21. The summed E-state index contributed by atoms with van der Waals surface area (Å²) in [5.41, 5.74) is 6.60. The van der Waals surface area contributed by atoms with E-state index in [-0.39, 0.29) is 6.04 Å². The van der Waals surface area contributed by atoms with Gasteiger partial charge in [0, 0.05) is 19.5 Å². The molecule has 0 aromatic carbocycles. The van der Waals surface area contributed by atoms with Gasteiger partial charge in [0.25, 0.3) is 0 Å². The molecule has 0 aromatic rings. The Morgan fingerprint density at radius 2 is 2.10 bits per heavy atom. The molecule has 5 nitrogen and oxygen atoms in total. The summed E-state index contributed by atoms with van der Waals surface area (Å²) in [5, 5.41) is 7.07. The number of amidine groups is 1. The summed E-state index contributed by atoms with van der Waals surface area (Å²) in [7, 11) is 0. The predicted octanol–water partition coefficient (Wildman–Crippen LogP) is 4.90. The minimum Gasteiger partial charge on any atom is -0.366 e. The second-order valence-corrected chi connectivity index (χ2v) is 6.52. The summed E-state index contributed by atoms with van der Waals surface area (Å²) in [6.45, 7) is 16.5. The van der Waals surface area contributed by atoms with E-state index < -0.39 is 0 Å². The molecule has 5 heteroatoms. The molecule has 1 rings (SSSR count). The van der Waals surface area contributed by atoms with Crippen molar-refractivity contribution in [1.29, 1.82) is 0 Å². The van der Waals surface area contributed by atoms with Crippen LogP contribution >= 0.6 is 0 Å². The zero-order chi connectivity index (χ0) is 21.3. The first kappa shape index (κ1) is 24.1. The quantitative estimate of drug-likeness (QED) is 0.163. The van der Waals surface area contributed by atoms with E-state index in [4.69, 9.17) is 4.99 Å². The van der Waals surface area contributed by atoms with Crippen molar-refractivity contribution in [2.45, 2.75) is 45.6 Å². The molecule has 0 spiro atoms. The van der Waals surface area contributed by atoms with E-state index in [0.29, 0.717) is 13.1 Å². The largest absolute Gasteiger partial charge is 0.366 e. The number of aliphatic imine (C=N–C) groups is 2. The Kier molecular flexibility index (Phi) is 12.5. The minimum atomic E-state index is 0.106. The predicted molar refractivity (Wildman–Crippen MR) is 129 cm³/mol. The van der Waals surface area contributed by atoms with Gasteiger partial charge in [-0.05, 0) is 55.2 Å². The lowest BCUT2D eigenvalue weighted by molar-refractivity contribution is 0.735. The molecule has 1 aliphatic carbocycles. The lowest BCUT2D eigenvalue weighted by atomic mass is 10.0. The number of nitrogens with zero attached hydrogens (tertiary/aromatic N) is 3. The Hall–Kier alpha value is -2.95. The van der Waals surface area contributed by atoms with Crippen LogP contribution in [-0.4, -0.2) is 38.4 Å². The Labute approximate surface area is 176 Å². The average Bonchev–Trinajstić information content (AvgIpc) is 2.97. The molecular weight excluding hydrogens is 358 g/mol. The molecule has 0 bridgehead atoms. The Morgan fingerprint density at radius 3 is 2.76 bits per heavy atom. The van der Waals surface area contributed by atoms with Crippen LogP contribution in [-0.2, 0) is 0 Å². The highest BCUT2D eigenvalue weighted by molar-refractivity contribution is 5.93. The number of hydrogen-bond donors (Lipinski definition) is 2. The number of nitrogens with one attached hydrogen (secondary N) is 2. The van der Waals surface area contributed by atoms with Crippen LogP contribution in [0.1, 0.15) is 39.5 Å². The van der Waals surface area contributed by atoms with Crippen molar-refractivity contribution < 1.29 is 0 Å². The van der Waals surface area contributed by atoms with Crippen LogP contribution in [0.25, 0.3) is 0 Å². The Balaban J connectivity index is 2.92. The maximum Gasteiger partial charge on any atom is 0.123 e. The molecule has 29 heavy (non-hydrogen) atoms. The maximum atomic E-state index is 4.89. The molecule has 0 radical (unpaired) electrons. The van der Waals surface area contributed by atoms with Crippen LogP contribution in [0.4, 0.5) is 0 Å². The van der Waals surface area contributed by atoms with Crippen LogP contribution in [0.5, 0.6) is 0 Å². The third kappa shape index (κ3) is 9.70. The van der Waals surface area contributed by atoms with Crippen molar-refractivity contribution in [3.8, 4) is 0 Å². The van der Waals surface area contributed by atoms with Gasteiger partial charge in [0.15, 0.2) is 0 Å². The maximum absolute atomic E-state index is 4.89. The molecule has 0 amide bonds. The number of hydrogen-bond acceptors (Lipinski definition) is 4. The van der Waals surface area contributed by atoms with Gasteiger partial charge >= 0.3 is 0 Å². The van der Waals surface area contributed by atoms with E-state index in [1.54, 1.807) is 6.20 Å². The van der Waals surface area contributed by atoms with Gasteiger partial charge in [-0.15, -0.1) is 0 Å². The second-order valence-electron chi connectivity index (χ2n) is 6.52. The highest BCUT2D eigenvalue weighted by Gasteiger charge is 2.09. The van der Waals surface area contributed by atoms with E-state index >= 15 is 0 Å². The summed E-state index contributed by atoms with van der Waals surface area (Å²) in [6, 6.07) is 0.106. The summed E-state index contributed by atoms with van der Waals surface area (Å²) >= 11 is 0. The number of hydrazone groups is 1. The molecule has 0 fully saturated rings. The smallest absolute Gasteiger partial charge is 0.123 e. The lowest BCUT2D eigenvalue weighted by Crippen LogP contribution is -2.25. The topological polar surface area (TPSA) is 61.1 Å². The zero-order valence-corrected chi connectivity index (χ0v) is 17.9. The van der Waals surface area contributed by atoms with Crippen molar-refractivity contribution in [2.75, 3.05) is 13.1 Å². The van der Waals surface area contributed by atoms with Gasteiger partial charge in [-0.2, -0.15) is 5.10 Å². The first-order chi connectivity index (χ1) is 14.2. The summed E-state index contributed by atoms with van der Waals surface area (Å²) in [4.78, 5) is 8.70. The molecule has 0 aromatic heterocycles. The fourth-order valence-corrected chi connectivity index (χ4v) is 2.97. The van der Waals surface area contributed by atoms with E-state index in [0.717, 1.165) is 37.1 Å². The van der Waals surface area contributed by atoms with Crippen molar-refractivity contribution in [2.24, 2.45) is 15.1 Å².